The summed E-state index contributed by atoms with van der Waals surface area (Å²) in [6.45, 7) is 5.76. The van der Waals surface area contributed by atoms with E-state index in [0.717, 1.165) is 6.08 Å². The number of nitro groups is 2. The van der Waals surface area contributed by atoms with Crippen LogP contribution in [0.3, 0.4) is 0 Å². The van der Waals surface area contributed by atoms with Gasteiger partial charge in [-0.25, -0.2) is 0 Å². The van der Waals surface area contributed by atoms with Crippen molar-refractivity contribution in [2.75, 3.05) is 13.1 Å². The van der Waals surface area contributed by atoms with Crippen molar-refractivity contribution in [3.63, 3.8) is 0 Å². The maximum absolute atomic E-state index is 11.5. The molecule has 1 aliphatic carbocycles. The normalized spacial score (nSPS) is 17.8. The largest absolute Gasteiger partial charge is 0.363 e. The molecule has 128 valence electrons. The highest BCUT2D eigenvalue weighted by Gasteiger charge is 2.45. The average Bonchev–Trinajstić information content (AvgIpc) is 2.45. The Morgan fingerprint density at radius 1 is 1.17 bits per heavy atom. The Morgan fingerprint density at radius 2 is 1.70 bits per heavy atom. The van der Waals surface area contributed by atoms with E-state index >= 15 is 0 Å². The minimum atomic E-state index is -2.83. The van der Waals surface area contributed by atoms with Gasteiger partial charge in [-0.2, -0.15) is 8.42 Å². The van der Waals surface area contributed by atoms with Gasteiger partial charge >= 0.3 is 0 Å². The van der Waals surface area contributed by atoms with Crippen LogP contribution < -0.4 is 0 Å². The van der Waals surface area contributed by atoms with Gasteiger partial charge in [0.05, 0.1) is 4.92 Å². The molecule has 0 N–H and O–H groups in total. The first kappa shape index (κ1) is 18.8. The highest BCUT2D eigenvalue weighted by atomic mass is 32.2. The molecule has 9 nitrogen and oxygen atoms in total. The molecular formula is C13H19N3O6S. The Morgan fingerprint density at radius 3 is 2.04 bits per heavy atom. The number of hydrogen-bond donors (Lipinski definition) is 0. The van der Waals surface area contributed by atoms with Gasteiger partial charge in [0.15, 0.2) is 10.6 Å². The lowest BCUT2D eigenvalue weighted by molar-refractivity contribution is -0.499. The molecule has 0 radical (unpaired) electrons. The van der Waals surface area contributed by atoms with Crippen molar-refractivity contribution in [2.45, 2.75) is 39.7 Å². The van der Waals surface area contributed by atoms with Crippen LogP contribution in [0.5, 0.6) is 0 Å². The summed E-state index contributed by atoms with van der Waals surface area (Å²) in [5, 5.41) is 22.9. The minimum Gasteiger partial charge on any atom is -0.363 e. The molecule has 0 amide bonds. The van der Waals surface area contributed by atoms with Crippen molar-refractivity contribution >= 4 is 15.2 Å². The molecule has 0 saturated heterocycles. The highest BCUT2D eigenvalue weighted by molar-refractivity contribution is 7.73. The topological polar surface area (TPSA) is 124 Å². The lowest BCUT2D eigenvalue weighted by Crippen LogP contribution is -2.44. The van der Waals surface area contributed by atoms with Crippen molar-refractivity contribution in [3.8, 4) is 0 Å². The number of nitrogens with zero attached hydrogens (tertiary/aromatic N) is 3. The molecule has 0 aromatic rings. The second-order valence-electron chi connectivity index (χ2n) is 5.13. The summed E-state index contributed by atoms with van der Waals surface area (Å²) >= 11 is 0. The molecule has 1 atom stereocenters. The van der Waals surface area contributed by atoms with E-state index in [-0.39, 0.29) is 11.3 Å². The average molecular weight is 345 g/mol. The summed E-state index contributed by atoms with van der Waals surface area (Å²) in [5.41, 5.74) is -0.558. The molecule has 0 aliphatic heterocycles. The lowest BCUT2D eigenvalue weighted by atomic mass is 9.95. The Bertz CT molecular complexity index is 693. The second-order valence-corrected chi connectivity index (χ2v) is 6.04. The van der Waals surface area contributed by atoms with Gasteiger partial charge in [-0.1, -0.05) is 13.8 Å². The van der Waals surface area contributed by atoms with Gasteiger partial charge in [-0.3, -0.25) is 20.2 Å². The van der Waals surface area contributed by atoms with E-state index < -0.39 is 36.7 Å². The van der Waals surface area contributed by atoms with E-state index in [1.807, 2.05) is 13.8 Å². The molecule has 1 aliphatic rings. The first-order valence-corrected chi connectivity index (χ1v) is 8.25. The van der Waals surface area contributed by atoms with Crippen molar-refractivity contribution in [2.24, 2.45) is 0 Å². The monoisotopic (exact) mass is 345 g/mol. The number of hydrogen-bond acceptors (Lipinski definition) is 7. The zero-order valence-electron chi connectivity index (χ0n) is 13.2. The minimum absolute atomic E-state index is 0.0171. The Kier molecular flexibility index (Phi) is 6.43. The SMILES string of the molecule is CCCN(CCC)C1=C([N+](=O)[O-])C=C(C)C(=S(=O)=O)C1[N+](=O)[O-]. The van der Waals surface area contributed by atoms with Crippen LogP contribution in [-0.2, 0) is 10.3 Å². The second kappa shape index (κ2) is 7.86. The van der Waals surface area contributed by atoms with Crippen LogP contribution >= 0.6 is 0 Å². The number of allylic oxidation sites excluding steroid dienone is 1. The Labute approximate surface area is 135 Å². The maximum Gasteiger partial charge on any atom is 0.298 e. The fraction of sp³-hybridized carbons (Fsp3) is 0.615. The van der Waals surface area contributed by atoms with E-state index in [9.17, 15) is 28.6 Å². The van der Waals surface area contributed by atoms with Crippen molar-refractivity contribution in [3.05, 3.63) is 43.3 Å². The number of rotatable bonds is 7. The fourth-order valence-electron chi connectivity index (χ4n) is 2.62. The van der Waals surface area contributed by atoms with E-state index in [2.05, 4.69) is 0 Å². The summed E-state index contributed by atoms with van der Waals surface area (Å²) in [7, 11) is -2.83. The molecule has 1 rings (SSSR count). The predicted molar refractivity (Wildman–Crippen MR) is 84.6 cm³/mol. The van der Waals surface area contributed by atoms with Gasteiger partial charge in [0.2, 0.25) is 10.3 Å². The Balaban J connectivity index is 3.74. The molecule has 0 spiro atoms. The van der Waals surface area contributed by atoms with Gasteiger partial charge in [-0.05, 0) is 25.3 Å². The molecule has 0 aromatic carbocycles. The molecule has 1 unspecified atom stereocenters. The summed E-state index contributed by atoms with van der Waals surface area (Å²) in [6, 6.07) is -1.75. The maximum atomic E-state index is 11.5. The zero-order valence-corrected chi connectivity index (χ0v) is 14.0. The third-order valence-electron chi connectivity index (χ3n) is 3.43. The molecule has 0 heterocycles. The van der Waals surface area contributed by atoms with Crippen LogP contribution in [0, 0.1) is 20.2 Å². The van der Waals surface area contributed by atoms with Gasteiger partial charge < -0.3 is 4.90 Å². The van der Waals surface area contributed by atoms with E-state index in [1.54, 1.807) is 4.90 Å². The van der Waals surface area contributed by atoms with Gasteiger partial charge in [0.25, 0.3) is 11.7 Å². The van der Waals surface area contributed by atoms with Crippen LogP contribution in [0.15, 0.2) is 23.0 Å². The smallest absolute Gasteiger partial charge is 0.298 e. The first-order chi connectivity index (χ1) is 10.8. The molecule has 0 aromatic heterocycles. The van der Waals surface area contributed by atoms with Crippen LogP contribution in [0.2, 0.25) is 0 Å². The molecular weight excluding hydrogens is 326 g/mol. The van der Waals surface area contributed by atoms with Crippen LogP contribution in [0.1, 0.15) is 33.6 Å². The third kappa shape index (κ3) is 3.95. The van der Waals surface area contributed by atoms with Gasteiger partial charge in [-0.15, -0.1) is 0 Å². The van der Waals surface area contributed by atoms with Gasteiger partial charge in [0.1, 0.15) is 0 Å². The quantitative estimate of drug-likeness (QED) is 0.386. The molecule has 23 heavy (non-hydrogen) atoms. The van der Waals surface area contributed by atoms with Gasteiger partial charge in [0, 0.05) is 24.1 Å². The summed E-state index contributed by atoms with van der Waals surface area (Å²) < 4.78 is 22.9. The first-order valence-electron chi connectivity index (χ1n) is 7.17. The molecule has 0 saturated carbocycles. The molecule has 0 bridgehead atoms. The lowest BCUT2D eigenvalue weighted by Gasteiger charge is -2.29. The summed E-state index contributed by atoms with van der Waals surface area (Å²) in [4.78, 5) is 22.5. The Hall–Kier alpha value is -2.23. The van der Waals surface area contributed by atoms with Crippen molar-refractivity contribution in [1.82, 2.24) is 4.90 Å². The molecule has 10 heteroatoms. The zero-order chi connectivity index (χ0) is 17.7. The van der Waals surface area contributed by atoms with Crippen LogP contribution in [0.25, 0.3) is 0 Å². The standard InChI is InChI=1S/C13H19N3O6S/c1-4-6-14(7-5-2)11-10(15(17)18)8-9(3)13(23(21)22)12(11)16(19)20/h8,12H,4-7H2,1-3H3. The highest BCUT2D eigenvalue weighted by Crippen LogP contribution is 2.28. The van der Waals surface area contributed by atoms with E-state index in [1.165, 1.54) is 6.92 Å². The predicted octanol–water partition coefficient (Wildman–Crippen LogP) is 1.25. The third-order valence-corrected chi connectivity index (χ3v) is 4.33. The summed E-state index contributed by atoms with van der Waals surface area (Å²) in [5.74, 6) is 0. The molecule has 0 fully saturated rings. The van der Waals surface area contributed by atoms with Crippen molar-refractivity contribution in [1.29, 1.82) is 0 Å². The van der Waals surface area contributed by atoms with E-state index in [4.69, 9.17) is 0 Å². The van der Waals surface area contributed by atoms with Crippen LogP contribution in [-0.4, -0.2) is 47.2 Å². The van der Waals surface area contributed by atoms with Crippen molar-refractivity contribution < 1.29 is 18.3 Å². The fourth-order valence-corrected chi connectivity index (χ4v) is 3.32. The summed E-state index contributed by atoms with van der Waals surface area (Å²) in [6.07, 6.45) is 2.34. The van der Waals surface area contributed by atoms with E-state index in [0.29, 0.717) is 25.9 Å². The van der Waals surface area contributed by atoms with Crippen LogP contribution in [0.4, 0.5) is 0 Å².